The highest BCUT2D eigenvalue weighted by molar-refractivity contribution is 5.64. The minimum Gasteiger partial charge on any atom is -0.493 e. The van der Waals surface area contributed by atoms with Gasteiger partial charge in [-0.3, -0.25) is 4.98 Å². The SMILES string of the molecule is CCOc1ccncc1-c1cn[nH]n1. The Labute approximate surface area is 81.1 Å². The summed E-state index contributed by atoms with van der Waals surface area (Å²) in [4.78, 5) is 4.02. The summed E-state index contributed by atoms with van der Waals surface area (Å²) in [5.41, 5.74) is 1.59. The van der Waals surface area contributed by atoms with Crippen molar-refractivity contribution in [3.05, 3.63) is 24.7 Å². The van der Waals surface area contributed by atoms with Crippen LogP contribution in [0.25, 0.3) is 11.3 Å². The van der Waals surface area contributed by atoms with Gasteiger partial charge < -0.3 is 4.74 Å². The van der Waals surface area contributed by atoms with E-state index in [0.29, 0.717) is 6.61 Å². The van der Waals surface area contributed by atoms with Gasteiger partial charge >= 0.3 is 0 Å². The smallest absolute Gasteiger partial charge is 0.131 e. The zero-order chi connectivity index (χ0) is 9.80. The summed E-state index contributed by atoms with van der Waals surface area (Å²) in [5, 5.41) is 10.3. The van der Waals surface area contributed by atoms with Crippen LogP contribution in [0.5, 0.6) is 5.75 Å². The zero-order valence-corrected chi connectivity index (χ0v) is 7.77. The normalized spacial score (nSPS) is 10.1. The van der Waals surface area contributed by atoms with Crippen LogP contribution in [0.3, 0.4) is 0 Å². The van der Waals surface area contributed by atoms with Gasteiger partial charge in [0.2, 0.25) is 0 Å². The lowest BCUT2D eigenvalue weighted by Gasteiger charge is -2.05. The summed E-state index contributed by atoms with van der Waals surface area (Å²) in [5.74, 6) is 0.774. The van der Waals surface area contributed by atoms with Gasteiger partial charge in [0.1, 0.15) is 11.4 Å². The van der Waals surface area contributed by atoms with Crippen LogP contribution in [0, 0.1) is 0 Å². The van der Waals surface area contributed by atoms with Crippen molar-refractivity contribution in [1.29, 1.82) is 0 Å². The largest absolute Gasteiger partial charge is 0.493 e. The number of hydrogen-bond acceptors (Lipinski definition) is 4. The highest BCUT2D eigenvalue weighted by Crippen LogP contribution is 2.26. The van der Waals surface area contributed by atoms with Crippen molar-refractivity contribution in [3.8, 4) is 17.0 Å². The van der Waals surface area contributed by atoms with Crippen LogP contribution in [0.1, 0.15) is 6.92 Å². The number of nitrogens with one attached hydrogen (secondary N) is 1. The second-order valence-corrected chi connectivity index (χ2v) is 2.66. The lowest BCUT2D eigenvalue weighted by Crippen LogP contribution is -1.94. The Morgan fingerprint density at radius 3 is 3.07 bits per heavy atom. The van der Waals surface area contributed by atoms with Crippen LogP contribution in [-0.2, 0) is 0 Å². The van der Waals surface area contributed by atoms with Crippen LogP contribution in [0.15, 0.2) is 24.7 Å². The van der Waals surface area contributed by atoms with Gasteiger partial charge in [0.15, 0.2) is 0 Å². The summed E-state index contributed by atoms with van der Waals surface area (Å²) in [6.45, 7) is 2.56. The summed E-state index contributed by atoms with van der Waals surface area (Å²) in [6.07, 6.45) is 5.04. The number of aromatic nitrogens is 4. The molecule has 2 aromatic rings. The van der Waals surface area contributed by atoms with Gasteiger partial charge in [0.25, 0.3) is 0 Å². The quantitative estimate of drug-likeness (QED) is 0.791. The molecule has 0 aromatic carbocycles. The van der Waals surface area contributed by atoms with Crippen molar-refractivity contribution < 1.29 is 4.74 Å². The van der Waals surface area contributed by atoms with E-state index in [1.165, 1.54) is 0 Å². The first-order valence-electron chi connectivity index (χ1n) is 4.34. The fraction of sp³-hybridized carbons (Fsp3) is 0.222. The number of H-pyrrole nitrogens is 1. The van der Waals surface area contributed by atoms with E-state index in [9.17, 15) is 0 Å². The topological polar surface area (TPSA) is 63.7 Å². The van der Waals surface area contributed by atoms with Crippen LogP contribution in [-0.4, -0.2) is 27.0 Å². The molecule has 72 valence electrons. The predicted octanol–water partition coefficient (Wildman–Crippen LogP) is 1.27. The third-order valence-electron chi connectivity index (χ3n) is 1.77. The Morgan fingerprint density at radius 1 is 1.43 bits per heavy atom. The minimum absolute atomic E-state index is 0.620. The molecule has 0 fully saturated rings. The van der Waals surface area contributed by atoms with Crippen molar-refractivity contribution in [2.24, 2.45) is 0 Å². The molecular formula is C9H10N4O. The van der Waals surface area contributed by atoms with E-state index in [0.717, 1.165) is 17.0 Å². The number of hydrogen-bond donors (Lipinski definition) is 1. The molecule has 5 nitrogen and oxygen atoms in total. The van der Waals surface area contributed by atoms with E-state index in [1.807, 2.05) is 13.0 Å². The van der Waals surface area contributed by atoms with Gasteiger partial charge in [0, 0.05) is 12.4 Å². The van der Waals surface area contributed by atoms with E-state index in [4.69, 9.17) is 4.74 Å². The van der Waals surface area contributed by atoms with E-state index >= 15 is 0 Å². The molecule has 14 heavy (non-hydrogen) atoms. The highest BCUT2D eigenvalue weighted by atomic mass is 16.5. The molecule has 0 saturated carbocycles. The molecule has 0 aliphatic carbocycles. The third-order valence-corrected chi connectivity index (χ3v) is 1.77. The maximum Gasteiger partial charge on any atom is 0.131 e. The molecule has 0 bridgehead atoms. The average molecular weight is 190 g/mol. The van der Waals surface area contributed by atoms with E-state index in [-0.39, 0.29) is 0 Å². The monoisotopic (exact) mass is 190 g/mol. The fourth-order valence-corrected chi connectivity index (χ4v) is 1.19. The van der Waals surface area contributed by atoms with Gasteiger partial charge in [0.05, 0.1) is 18.4 Å². The second-order valence-electron chi connectivity index (χ2n) is 2.66. The average Bonchev–Trinajstić information content (AvgIpc) is 2.72. The molecule has 0 radical (unpaired) electrons. The standard InChI is InChI=1S/C9H10N4O/c1-2-14-9-3-4-10-5-7(9)8-6-11-13-12-8/h3-6H,2H2,1H3,(H,11,12,13). The first-order valence-corrected chi connectivity index (χ1v) is 4.34. The summed E-state index contributed by atoms with van der Waals surface area (Å²) >= 11 is 0. The van der Waals surface area contributed by atoms with Crippen LogP contribution in [0.4, 0.5) is 0 Å². The van der Waals surface area contributed by atoms with Crippen LogP contribution < -0.4 is 4.74 Å². The number of ether oxygens (including phenoxy) is 1. The predicted molar refractivity (Wildman–Crippen MR) is 50.8 cm³/mol. The molecule has 0 saturated heterocycles. The minimum atomic E-state index is 0.620. The van der Waals surface area contributed by atoms with Crippen molar-refractivity contribution in [2.75, 3.05) is 6.61 Å². The van der Waals surface area contributed by atoms with Crippen LogP contribution in [0.2, 0.25) is 0 Å². The first kappa shape index (κ1) is 8.68. The van der Waals surface area contributed by atoms with Crippen molar-refractivity contribution in [3.63, 3.8) is 0 Å². The fourth-order valence-electron chi connectivity index (χ4n) is 1.19. The molecule has 2 heterocycles. The van der Waals surface area contributed by atoms with Crippen molar-refractivity contribution >= 4 is 0 Å². The van der Waals surface area contributed by atoms with Gasteiger partial charge in [-0.1, -0.05) is 0 Å². The third kappa shape index (κ3) is 1.56. The Morgan fingerprint density at radius 2 is 2.36 bits per heavy atom. The molecule has 1 N–H and O–H groups in total. The molecule has 0 aliphatic heterocycles. The number of aromatic amines is 1. The zero-order valence-electron chi connectivity index (χ0n) is 7.77. The number of rotatable bonds is 3. The lowest BCUT2D eigenvalue weighted by molar-refractivity contribution is 0.341. The molecule has 0 aliphatic rings. The number of pyridine rings is 1. The first-order chi connectivity index (χ1) is 6.92. The highest BCUT2D eigenvalue weighted by Gasteiger charge is 2.07. The Kier molecular flexibility index (Phi) is 2.40. The maximum atomic E-state index is 5.44. The molecule has 0 atom stereocenters. The van der Waals surface area contributed by atoms with E-state index in [2.05, 4.69) is 20.4 Å². The van der Waals surface area contributed by atoms with E-state index in [1.54, 1.807) is 18.6 Å². The van der Waals surface area contributed by atoms with Gasteiger partial charge in [-0.15, -0.1) is 0 Å². The second kappa shape index (κ2) is 3.87. The molecule has 2 rings (SSSR count). The molecule has 0 unspecified atom stereocenters. The molecule has 2 aromatic heterocycles. The molecule has 0 spiro atoms. The molecular weight excluding hydrogens is 180 g/mol. The number of nitrogens with zero attached hydrogens (tertiary/aromatic N) is 3. The maximum absolute atomic E-state index is 5.44. The van der Waals surface area contributed by atoms with Gasteiger partial charge in [-0.2, -0.15) is 15.4 Å². The Balaban J connectivity index is 2.42. The van der Waals surface area contributed by atoms with Gasteiger partial charge in [-0.25, -0.2) is 0 Å². The van der Waals surface area contributed by atoms with Crippen LogP contribution >= 0.6 is 0 Å². The van der Waals surface area contributed by atoms with E-state index < -0.39 is 0 Å². The molecule has 0 amide bonds. The summed E-state index contributed by atoms with van der Waals surface area (Å²) in [6, 6.07) is 1.81. The Hall–Kier alpha value is -1.91. The lowest BCUT2D eigenvalue weighted by atomic mass is 10.2. The Bertz CT molecular complexity index is 399. The molecule has 5 heteroatoms. The van der Waals surface area contributed by atoms with Gasteiger partial charge in [-0.05, 0) is 13.0 Å². The van der Waals surface area contributed by atoms with Crippen molar-refractivity contribution in [1.82, 2.24) is 20.4 Å². The summed E-state index contributed by atoms with van der Waals surface area (Å²) in [7, 11) is 0. The van der Waals surface area contributed by atoms with Crippen molar-refractivity contribution in [2.45, 2.75) is 6.92 Å². The summed E-state index contributed by atoms with van der Waals surface area (Å²) < 4.78 is 5.44.